The van der Waals surface area contributed by atoms with E-state index >= 15 is 0 Å². The Hall–Kier alpha value is -1.89. The van der Waals surface area contributed by atoms with Crippen molar-refractivity contribution < 1.29 is 4.79 Å². The Morgan fingerprint density at radius 1 is 1.30 bits per heavy atom. The number of nitrogens with one attached hydrogen (secondary N) is 1. The molecule has 7 heteroatoms. The Kier molecular flexibility index (Phi) is 4.08. The molecule has 1 fully saturated rings. The van der Waals surface area contributed by atoms with Crippen LogP contribution in [0.25, 0.3) is 0 Å². The zero-order valence-corrected chi connectivity index (χ0v) is 12.5. The first-order chi connectivity index (χ1) is 9.43. The van der Waals surface area contributed by atoms with Crippen LogP contribution in [0.5, 0.6) is 0 Å². The van der Waals surface area contributed by atoms with E-state index in [-0.39, 0.29) is 11.8 Å². The Morgan fingerprint density at radius 3 is 2.55 bits per heavy atom. The predicted molar refractivity (Wildman–Crippen MR) is 78.5 cm³/mol. The number of piperazine rings is 1. The molecule has 1 aliphatic heterocycles. The second-order valence-electron chi connectivity index (χ2n) is 5.41. The van der Waals surface area contributed by atoms with Crippen molar-refractivity contribution in [2.24, 2.45) is 5.84 Å². The Morgan fingerprint density at radius 2 is 2.00 bits per heavy atom. The molecule has 2 heterocycles. The van der Waals surface area contributed by atoms with E-state index in [1.54, 1.807) is 4.90 Å². The molecule has 1 aromatic heterocycles. The number of nitrogens with two attached hydrogens (primary N) is 1. The number of hydrogen-bond donors (Lipinski definition) is 2. The van der Waals surface area contributed by atoms with Crippen LogP contribution in [0, 0.1) is 6.92 Å². The fourth-order valence-electron chi connectivity index (χ4n) is 2.17. The average molecular weight is 278 g/mol. The van der Waals surface area contributed by atoms with Crippen LogP contribution in [0.1, 0.15) is 31.2 Å². The molecule has 110 valence electrons. The second-order valence-corrected chi connectivity index (χ2v) is 5.41. The summed E-state index contributed by atoms with van der Waals surface area (Å²) in [6.45, 7) is 7.79. The number of rotatable bonds is 3. The molecular weight excluding hydrogens is 256 g/mol. The summed E-state index contributed by atoms with van der Waals surface area (Å²) in [5, 5.41) is 0. The molecule has 0 bridgehead atoms. The molecule has 0 spiro atoms. The first kappa shape index (κ1) is 14.5. The van der Waals surface area contributed by atoms with E-state index in [2.05, 4.69) is 15.4 Å². The summed E-state index contributed by atoms with van der Waals surface area (Å²) in [5.41, 5.74) is 3.49. The third kappa shape index (κ3) is 2.67. The van der Waals surface area contributed by atoms with Crippen LogP contribution in [-0.2, 0) is 4.79 Å². The number of nitrogen functional groups attached to an aromatic ring is 1. The number of hydrazine groups is 1. The van der Waals surface area contributed by atoms with Gasteiger partial charge in [-0.05, 0) is 6.92 Å². The minimum Gasteiger partial charge on any atom is -0.345 e. The van der Waals surface area contributed by atoms with Gasteiger partial charge in [0.05, 0.1) is 6.54 Å². The SMILES string of the molecule is Cc1c(NN)nc(C(C)C)nc1N1CCN(C)C(=O)C1. The summed E-state index contributed by atoms with van der Waals surface area (Å²) in [6, 6.07) is 0. The van der Waals surface area contributed by atoms with Gasteiger partial charge in [-0.2, -0.15) is 0 Å². The van der Waals surface area contributed by atoms with Gasteiger partial charge in [0.15, 0.2) is 0 Å². The number of hydrogen-bond acceptors (Lipinski definition) is 6. The maximum absolute atomic E-state index is 11.9. The highest BCUT2D eigenvalue weighted by Crippen LogP contribution is 2.26. The minimum absolute atomic E-state index is 0.0996. The quantitative estimate of drug-likeness (QED) is 0.617. The molecule has 7 nitrogen and oxygen atoms in total. The van der Waals surface area contributed by atoms with Crippen molar-refractivity contribution in [3.8, 4) is 0 Å². The van der Waals surface area contributed by atoms with Crippen LogP contribution >= 0.6 is 0 Å². The second kappa shape index (κ2) is 5.62. The lowest BCUT2D eigenvalue weighted by Gasteiger charge is -2.34. The van der Waals surface area contributed by atoms with Gasteiger partial charge in [0.1, 0.15) is 17.5 Å². The molecule has 1 aromatic rings. The van der Waals surface area contributed by atoms with Gasteiger partial charge < -0.3 is 15.2 Å². The predicted octanol–water partition coefficient (Wildman–Crippen LogP) is 0.472. The minimum atomic E-state index is 0.0996. The van der Waals surface area contributed by atoms with Crippen LogP contribution < -0.4 is 16.2 Å². The summed E-state index contributed by atoms with van der Waals surface area (Å²) in [7, 11) is 1.82. The highest BCUT2D eigenvalue weighted by atomic mass is 16.2. The fourth-order valence-corrected chi connectivity index (χ4v) is 2.17. The van der Waals surface area contributed by atoms with E-state index in [1.165, 1.54) is 0 Å². The van der Waals surface area contributed by atoms with E-state index in [0.29, 0.717) is 18.9 Å². The van der Waals surface area contributed by atoms with Gasteiger partial charge in [0.2, 0.25) is 5.91 Å². The fraction of sp³-hybridized carbons (Fsp3) is 0.615. The Labute approximate surface area is 119 Å². The van der Waals surface area contributed by atoms with Crippen LogP contribution in [0.15, 0.2) is 0 Å². The van der Waals surface area contributed by atoms with Gasteiger partial charge in [-0.15, -0.1) is 0 Å². The van der Waals surface area contributed by atoms with Gasteiger partial charge in [0, 0.05) is 31.6 Å². The maximum atomic E-state index is 11.9. The molecule has 0 radical (unpaired) electrons. The van der Waals surface area contributed by atoms with Crippen molar-refractivity contribution in [1.82, 2.24) is 14.9 Å². The zero-order valence-electron chi connectivity index (χ0n) is 12.5. The van der Waals surface area contributed by atoms with Crippen LogP contribution in [0.4, 0.5) is 11.6 Å². The third-order valence-corrected chi connectivity index (χ3v) is 3.55. The van der Waals surface area contributed by atoms with Crippen LogP contribution in [0.3, 0.4) is 0 Å². The van der Waals surface area contributed by atoms with Crippen LogP contribution in [-0.4, -0.2) is 47.5 Å². The third-order valence-electron chi connectivity index (χ3n) is 3.55. The Bertz CT molecular complexity index is 516. The normalized spacial score (nSPS) is 16.0. The lowest BCUT2D eigenvalue weighted by molar-refractivity contribution is -0.129. The number of aromatic nitrogens is 2. The summed E-state index contributed by atoms with van der Waals surface area (Å²) < 4.78 is 0. The standard InChI is InChI=1S/C13H22N6O/c1-8(2)11-15-12(17-14)9(3)13(16-11)19-6-5-18(4)10(20)7-19/h8H,5-7,14H2,1-4H3,(H,15,16,17). The van der Waals surface area contributed by atoms with Gasteiger partial charge in [-0.25, -0.2) is 15.8 Å². The topological polar surface area (TPSA) is 87.4 Å². The van der Waals surface area contributed by atoms with Gasteiger partial charge in [-0.3, -0.25) is 4.79 Å². The summed E-state index contributed by atoms with van der Waals surface area (Å²) in [5.74, 6) is 7.96. The van der Waals surface area contributed by atoms with Crippen molar-refractivity contribution >= 4 is 17.5 Å². The zero-order chi connectivity index (χ0) is 14.9. The van der Waals surface area contributed by atoms with E-state index in [1.807, 2.05) is 32.7 Å². The Balaban J connectivity index is 2.39. The largest absolute Gasteiger partial charge is 0.345 e. The average Bonchev–Trinajstić information content (AvgIpc) is 2.42. The molecule has 1 aliphatic rings. The number of anilines is 2. The van der Waals surface area contributed by atoms with Crippen molar-refractivity contribution in [1.29, 1.82) is 0 Å². The molecule has 0 aromatic carbocycles. The molecule has 0 unspecified atom stereocenters. The lowest BCUT2D eigenvalue weighted by atomic mass is 10.2. The first-order valence-electron chi connectivity index (χ1n) is 6.78. The van der Waals surface area contributed by atoms with Gasteiger partial charge >= 0.3 is 0 Å². The van der Waals surface area contributed by atoms with Crippen LogP contribution in [0.2, 0.25) is 0 Å². The molecule has 0 atom stereocenters. The smallest absolute Gasteiger partial charge is 0.241 e. The summed E-state index contributed by atoms with van der Waals surface area (Å²) in [6.07, 6.45) is 0. The highest BCUT2D eigenvalue weighted by Gasteiger charge is 2.25. The van der Waals surface area contributed by atoms with Crippen molar-refractivity contribution in [3.63, 3.8) is 0 Å². The van der Waals surface area contributed by atoms with Gasteiger partial charge in [-0.1, -0.05) is 13.8 Å². The summed E-state index contributed by atoms with van der Waals surface area (Å²) in [4.78, 5) is 24.6. The van der Waals surface area contributed by atoms with E-state index in [9.17, 15) is 4.79 Å². The molecule has 1 amide bonds. The number of carbonyl (C=O) groups is 1. The van der Waals surface area contributed by atoms with Crippen molar-refractivity contribution in [3.05, 3.63) is 11.4 Å². The molecule has 1 saturated heterocycles. The number of amides is 1. The van der Waals surface area contributed by atoms with Crippen molar-refractivity contribution in [2.75, 3.05) is 37.0 Å². The molecular formula is C13H22N6O. The van der Waals surface area contributed by atoms with Crippen molar-refractivity contribution in [2.45, 2.75) is 26.7 Å². The molecule has 20 heavy (non-hydrogen) atoms. The summed E-state index contributed by atoms with van der Waals surface area (Å²) >= 11 is 0. The van der Waals surface area contributed by atoms with E-state index in [4.69, 9.17) is 5.84 Å². The first-order valence-corrected chi connectivity index (χ1v) is 6.78. The lowest BCUT2D eigenvalue weighted by Crippen LogP contribution is -2.49. The van der Waals surface area contributed by atoms with Gasteiger partial charge in [0.25, 0.3) is 0 Å². The highest BCUT2D eigenvalue weighted by molar-refractivity contribution is 5.82. The molecule has 3 N–H and O–H groups in total. The van der Waals surface area contributed by atoms with E-state index in [0.717, 1.165) is 23.8 Å². The number of carbonyl (C=O) groups excluding carboxylic acids is 1. The molecule has 2 rings (SSSR count). The maximum Gasteiger partial charge on any atom is 0.241 e. The van der Waals surface area contributed by atoms with E-state index < -0.39 is 0 Å². The molecule has 0 aliphatic carbocycles. The molecule has 0 saturated carbocycles. The number of likely N-dealkylation sites (N-methyl/N-ethyl adjacent to an activating group) is 1. The number of nitrogens with zero attached hydrogens (tertiary/aromatic N) is 4. The monoisotopic (exact) mass is 278 g/mol.